The van der Waals surface area contributed by atoms with Gasteiger partial charge in [0.25, 0.3) is 0 Å². The fraction of sp³-hybridized carbons (Fsp3) is 0.231. The quantitative estimate of drug-likeness (QED) is 0.821. The summed E-state index contributed by atoms with van der Waals surface area (Å²) in [6.45, 7) is 1.57. The summed E-state index contributed by atoms with van der Waals surface area (Å²) < 4.78 is 6.35. The van der Waals surface area contributed by atoms with Gasteiger partial charge in [-0.25, -0.2) is 0 Å². The summed E-state index contributed by atoms with van der Waals surface area (Å²) in [6.07, 6.45) is 0. The molecule has 1 aromatic carbocycles. The Kier molecular flexibility index (Phi) is 4.58. The average molecular weight is 343 g/mol. The molecule has 3 nitrogen and oxygen atoms in total. The summed E-state index contributed by atoms with van der Waals surface area (Å²) in [5.74, 6) is 0.938. The molecule has 0 amide bonds. The zero-order valence-electron chi connectivity index (χ0n) is 9.32. The highest BCUT2D eigenvalue weighted by molar-refractivity contribution is 14.1. The molecule has 0 aliphatic rings. The van der Waals surface area contributed by atoms with Crippen LogP contribution in [0.15, 0.2) is 40.8 Å². The third-order valence-corrected chi connectivity index (χ3v) is 3.01. The van der Waals surface area contributed by atoms with Gasteiger partial charge in [-0.3, -0.25) is 0 Å². The number of aliphatic hydroxyl groups is 1. The molecule has 0 atom stereocenters. The van der Waals surface area contributed by atoms with Crippen molar-refractivity contribution in [2.75, 3.05) is 0 Å². The van der Waals surface area contributed by atoms with Gasteiger partial charge in [0.05, 0.1) is 13.2 Å². The van der Waals surface area contributed by atoms with Gasteiger partial charge in [-0.05, 0) is 45.9 Å². The van der Waals surface area contributed by atoms with Crippen molar-refractivity contribution in [2.45, 2.75) is 19.7 Å². The number of benzene rings is 1. The van der Waals surface area contributed by atoms with E-state index < -0.39 is 0 Å². The maximum Gasteiger partial charge on any atom is 0.164 e. The van der Waals surface area contributed by atoms with Crippen LogP contribution < -0.4 is 5.32 Å². The van der Waals surface area contributed by atoms with Crippen LogP contribution in [0.3, 0.4) is 0 Å². The minimum Gasteiger partial charge on any atom is -0.454 e. The van der Waals surface area contributed by atoms with Crippen molar-refractivity contribution >= 4 is 22.6 Å². The molecule has 1 aromatic heterocycles. The summed E-state index contributed by atoms with van der Waals surface area (Å²) in [5.41, 5.74) is 2.11. The van der Waals surface area contributed by atoms with Crippen molar-refractivity contribution in [1.29, 1.82) is 0 Å². The van der Waals surface area contributed by atoms with Crippen LogP contribution in [0.4, 0.5) is 0 Å². The minimum atomic E-state index is 0.0875. The number of hydrogen-bond donors (Lipinski definition) is 2. The van der Waals surface area contributed by atoms with E-state index in [0.717, 1.165) is 27.2 Å². The Morgan fingerprint density at radius 1 is 1.12 bits per heavy atom. The Hall–Kier alpha value is -0.850. The molecule has 0 aliphatic carbocycles. The first-order valence-corrected chi connectivity index (χ1v) is 6.49. The van der Waals surface area contributed by atoms with Crippen LogP contribution in [0.25, 0.3) is 0 Å². The van der Waals surface area contributed by atoms with Gasteiger partial charge in [0.1, 0.15) is 5.76 Å². The van der Waals surface area contributed by atoms with Crippen molar-refractivity contribution < 1.29 is 9.52 Å². The molecule has 4 heteroatoms. The van der Waals surface area contributed by atoms with E-state index in [1.165, 1.54) is 0 Å². The molecule has 2 aromatic rings. The second kappa shape index (κ2) is 6.18. The number of halogens is 1. The maximum absolute atomic E-state index is 9.03. The van der Waals surface area contributed by atoms with Crippen LogP contribution >= 0.6 is 22.6 Å². The van der Waals surface area contributed by atoms with E-state index in [4.69, 9.17) is 9.52 Å². The molecule has 90 valence electrons. The van der Waals surface area contributed by atoms with E-state index in [0.29, 0.717) is 6.54 Å². The first kappa shape index (κ1) is 12.6. The van der Waals surface area contributed by atoms with Gasteiger partial charge in [0, 0.05) is 6.54 Å². The second-order valence-corrected chi connectivity index (χ2v) is 4.85. The molecular formula is C13H14INO2. The molecule has 2 rings (SSSR count). The van der Waals surface area contributed by atoms with E-state index in [9.17, 15) is 0 Å². The molecule has 0 fully saturated rings. The van der Waals surface area contributed by atoms with Crippen molar-refractivity contribution in [3.8, 4) is 0 Å². The molecule has 0 bridgehead atoms. The van der Waals surface area contributed by atoms with Crippen molar-refractivity contribution in [2.24, 2.45) is 0 Å². The molecule has 17 heavy (non-hydrogen) atoms. The van der Waals surface area contributed by atoms with Gasteiger partial charge in [-0.2, -0.15) is 0 Å². The fourth-order valence-corrected chi connectivity index (χ4v) is 2.08. The summed E-state index contributed by atoms with van der Waals surface area (Å²) >= 11 is 2.15. The molecule has 2 N–H and O–H groups in total. The molecule has 1 heterocycles. The lowest BCUT2D eigenvalue weighted by Gasteiger charge is -2.04. The summed E-state index contributed by atoms with van der Waals surface area (Å²) in [7, 11) is 0. The van der Waals surface area contributed by atoms with Gasteiger partial charge >= 0.3 is 0 Å². The number of rotatable bonds is 5. The number of aliphatic hydroxyl groups excluding tert-OH is 1. The third-order valence-electron chi connectivity index (χ3n) is 2.43. The average Bonchev–Trinajstić information content (AvgIpc) is 2.75. The Balaban J connectivity index is 1.85. The number of furan rings is 1. The second-order valence-electron chi connectivity index (χ2n) is 3.79. The Morgan fingerprint density at radius 2 is 1.94 bits per heavy atom. The van der Waals surface area contributed by atoms with E-state index in [2.05, 4.69) is 27.9 Å². The molecule has 0 unspecified atom stereocenters. The Labute approximate surface area is 114 Å². The molecular weight excluding hydrogens is 329 g/mol. The highest BCUT2D eigenvalue weighted by atomic mass is 127. The minimum absolute atomic E-state index is 0.0875. The number of nitrogens with one attached hydrogen (secondary N) is 1. The lowest BCUT2D eigenvalue weighted by atomic mass is 10.1. The first-order valence-electron chi connectivity index (χ1n) is 5.41. The van der Waals surface area contributed by atoms with E-state index in [1.807, 2.05) is 36.4 Å². The SMILES string of the molecule is OCc1cccc(CNCc2ccc(I)o2)c1. The normalized spacial score (nSPS) is 10.7. The Bertz CT molecular complexity index is 482. The van der Waals surface area contributed by atoms with Crippen molar-refractivity contribution in [1.82, 2.24) is 5.32 Å². The van der Waals surface area contributed by atoms with Crippen LogP contribution in [0.1, 0.15) is 16.9 Å². The lowest BCUT2D eigenvalue weighted by molar-refractivity contribution is 0.281. The molecule has 0 radical (unpaired) electrons. The molecule has 0 spiro atoms. The predicted molar refractivity (Wildman–Crippen MR) is 74.3 cm³/mol. The highest BCUT2D eigenvalue weighted by Crippen LogP contribution is 2.10. The zero-order valence-corrected chi connectivity index (χ0v) is 11.5. The topological polar surface area (TPSA) is 45.4 Å². The van der Waals surface area contributed by atoms with Gasteiger partial charge in [-0.15, -0.1) is 0 Å². The van der Waals surface area contributed by atoms with Crippen LogP contribution in [-0.2, 0) is 19.7 Å². The van der Waals surface area contributed by atoms with E-state index in [1.54, 1.807) is 0 Å². The summed E-state index contributed by atoms with van der Waals surface area (Å²) in [6, 6.07) is 11.8. The fourth-order valence-electron chi connectivity index (χ4n) is 1.61. The maximum atomic E-state index is 9.03. The van der Waals surface area contributed by atoms with Crippen molar-refractivity contribution in [3.05, 3.63) is 57.1 Å². The molecule has 0 saturated heterocycles. The van der Waals surface area contributed by atoms with Crippen molar-refractivity contribution in [3.63, 3.8) is 0 Å². The monoisotopic (exact) mass is 343 g/mol. The highest BCUT2D eigenvalue weighted by Gasteiger charge is 1.99. The van der Waals surface area contributed by atoms with Gasteiger partial charge < -0.3 is 14.8 Å². The molecule has 0 saturated carbocycles. The van der Waals surface area contributed by atoms with Crippen LogP contribution in [0, 0.1) is 3.77 Å². The van der Waals surface area contributed by atoms with Crippen LogP contribution in [-0.4, -0.2) is 5.11 Å². The predicted octanol–water partition coefficient (Wildman–Crippen LogP) is 2.67. The van der Waals surface area contributed by atoms with Crippen LogP contribution in [0.5, 0.6) is 0 Å². The standard InChI is InChI=1S/C13H14INO2/c14-13-5-4-12(17-13)8-15-7-10-2-1-3-11(6-10)9-16/h1-6,15-16H,7-9H2. The smallest absolute Gasteiger partial charge is 0.164 e. The largest absolute Gasteiger partial charge is 0.454 e. The van der Waals surface area contributed by atoms with Gasteiger partial charge in [-0.1, -0.05) is 24.3 Å². The summed E-state index contributed by atoms with van der Waals surface area (Å²) in [5, 5.41) is 12.3. The summed E-state index contributed by atoms with van der Waals surface area (Å²) in [4.78, 5) is 0. The molecule has 0 aliphatic heterocycles. The third kappa shape index (κ3) is 3.83. The van der Waals surface area contributed by atoms with Gasteiger partial charge in [0.15, 0.2) is 3.77 Å². The number of hydrogen-bond acceptors (Lipinski definition) is 3. The van der Waals surface area contributed by atoms with E-state index >= 15 is 0 Å². The Morgan fingerprint density at radius 3 is 2.65 bits per heavy atom. The first-order chi connectivity index (χ1) is 8.28. The van der Waals surface area contributed by atoms with E-state index in [-0.39, 0.29) is 6.61 Å². The lowest BCUT2D eigenvalue weighted by Crippen LogP contribution is -2.12. The van der Waals surface area contributed by atoms with Gasteiger partial charge in [0.2, 0.25) is 0 Å². The zero-order chi connectivity index (χ0) is 12.1. The van der Waals surface area contributed by atoms with Crippen LogP contribution in [0.2, 0.25) is 0 Å².